The summed E-state index contributed by atoms with van der Waals surface area (Å²) in [5.74, 6) is 3.27. The van der Waals surface area contributed by atoms with Crippen LogP contribution in [0.2, 0.25) is 0 Å². The predicted molar refractivity (Wildman–Crippen MR) is 71.4 cm³/mol. The molecule has 2 saturated carbocycles. The van der Waals surface area contributed by atoms with Gasteiger partial charge in [0.05, 0.1) is 6.07 Å². The molecular formula is C16H27N. The summed E-state index contributed by atoms with van der Waals surface area (Å²) in [5.41, 5.74) is 0. The first-order valence-electron chi connectivity index (χ1n) is 7.73. The Balaban J connectivity index is 1.75. The Morgan fingerprint density at radius 2 is 1.76 bits per heavy atom. The van der Waals surface area contributed by atoms with Crippen LogP contribution in [0.1, 0.15) is 71.1 Å². The summed E-state index contributed by atoms with van der Waals surface area (Å²) < 4.78 is 0. The van der Waals surface area contributed by atoms with Crippen LogP contribution in [-0.4, -0.2) is 0 Å². The molecule has 0 N–H and O–H groups in total. The van der Waals surface area contributed by atoms with Gasteiger partial charge in [-0.25, -0.2) is 0 Å². The van der Waals surface area contributed by atoms with Crippen LogP contribution < -0.4 is 0 Å². The highest BCUT2D eigenvalue weighted by Gasteiger charge is 2.35. The minimum Gasteiger partial charge on any atom is -0.198 e. The summed E-state index contributed by atoms with van der Waals surface area (Å²) in [5, 5.41) is 9.03. The van der Waals surface area contributed by atoms with E-state index in [1.807, 2.05) is 0 Å². The van der Waals surface area contributed by atoms with Crippen LogP contribution >= 0.6 is 0 Å². The molecule has 1 nitrogen and oxygen atoms in total. The van der Waals surface area contributed by atoms with E-state index in [1.165, 1.54) is 64.2 Å². The van der Waals surface area contributed by atoms with Gasteiger partial charge in [0.15, 0.2) is 0 Å². The van der Waals surface area contributed by atoms with Gasteiger partial charge in [0, 0.05) is 5.92 Å². The highest BCUT2D eigenvalue weighted by molar-refractivity contribution is 4.93. The number of nitrogens with zero attached hydrogens (tertiary/aromatic N) is 1. The van der Waals surface area contributed by atoms with Gasteiger partial charge in [-0.05, 0) is 49.9 Å². The topological polar surface area (TPSA) is 23.8 Å². The lowest BCUT2D eigenvalue weighted by Crippen LogP contribution is -2.30. The van der Waals surface area contributed by atoms with Crippen molar-refractivity contribution in [1.29, 1.82) is 5.26 Å². The zero-order valence-electron chi connectivity index (χ0n) is 11.3. The normalized spacial score (nSPS) is 37.2. The molecular weight excluding hydrogens is 206 g/mol. The van der Waals surface area contributed by atoms with E-state index in [9.17, 15) is 0 Å². The second-order valence-electron chi connectivity index (χ2n) is 6.33. The van der Waals surface area contributed by atoms with E-state index < -0.39 is 0 Å². The van der Waals surface area contributed by atoms with Gasteiger partial charge < -0.3 is 0 Å². The Morgan fingerprint density at radius 3 is 2.53 bits per heavy atom. The molecule has 0 heterocycles. The number of fused-ring (bicyclic) bond motifs is 1. The van der Waals surface area contributed by atoms with Gasteiger partial charge >= 0.3 is 0 Å². The summed E-state index contributed by atoms with van der Waals surface area (Å²) in [6.07, 6.45) is 13.8. The average molecular weight is 233 g/mol. The second-order valence-corrected chi connectivity index (χ2v) is 6.33. The maximum Gasteiger partial charge on any atom is 0.0655 e. The van der Waals surface area contributed by atoms with E-state index in [-0.39, 0.29) is 0 Å². The average Bonchev–Trinajstić information content (AvgIpc) is 2.38. The molecule has 17 heavy (non-hydrogen) atoms. The van der Waals surface area contributed by atoms with Crippen molar-refractivity contribution in [3.05, 3.63) is 0 Å². The van der Waals surface area contributed by atoms with Crippen LogP contribution in [-0.2, 0) is 0 Å². The SMILES string of the molecule is CCCCCC1CCC2C[C@H](C#N)CC[C@@H]2C1. The molecule has 2 fully saturated rings. The lowest BCUT2D eigenvalue weighted by Gasteiger charge is -2.40. The van der Waals surface area contributed by atoms with Gasteiger partial charge in [-0.15, -0.1) is 0 Å². The lowest BCUT2D eigenvalue weighted by molar-refractivity contribution is 0.108. The molecule has 0 bridgehead atoms. The van der Waals surface area contributed by atoms with Crippen LogP contribution in [0.4, 0.5) is 0 Å². The van der Waals surface area contributed by atoms with Crippen molar-refractivity contribution >= 4 is 0 Å². The molecule has 96 valence electrons. The lowest BCUT2D eigenvalue weighted by atomic mass is 9.64. The van der Waals surface area contributed by atoms with Crippen molar-refractivity contribution in [3.63, 3.8) is 0 Å². The fourth-order valence-electron chi connectivity index (χ4n) is 4.05. The van der Waals surface area contributed by atoms with Gasteiger partial charge in [-0.3, -0.25) is 0 Å². The smallest absolute Gasteiger partial charge is 0.0655 e. The number of hydrogen-bond acceptors (Lipinski definition) is 1. The van der Waals surface area contributed by atoms with Crippen molar-refractivity contribution in [3.8, 4) is 6.07 Å². The van der Waals surface area contributed by atoms with Crippen molar-refractivity contribution < 1.29 is 0 Å². The fourth-order valence-corrected chi connectivity index (χ4v) is 4.05. The molecule has 2 unspecified atom stereocenters. The summed E-state index contributed by atoms with van der Waals surface area (Å²) in [6, 6.07) is 2.49. The van der Waals surface area contributed by atoms with Gasteiger partial charge in [0.1, 0.15) is 0 Å². The molecule has 0 radical (unpaired) electrons. The highest BCUT2D eigenvalue weighted by Crippen LogP contribution is 2.45. The first-order chi connectivity index (χ1) is 8.33. The van der Waals surface area contributed by atoms with Crippen molar-refractivity contribution in [2.24, 2.45) is 23.7 Å². The van der Waals surface area contributed by atoms with Crippen LogP contribution in [0, 0.1) is 35.0 Å². The third-order valence-corrected chi connectivity index (χ3v) is 5.12. The van der Waals surface area contributed by atoms with Crippen LogP contribution in [0.3, 0.4) is 0 Å². The molecule has 0 saturated heterocycles. The van der Waals surface area contributed by atoms with E-state index in [4.69, 9.17) is 5.26 Å². The standard InChI is InChI=1S/C16H27N/c1-2-3-4-5-13-6-8-16-11-14(12-17)7-9-15(16)10-13/h13-16H,2-11H2,1H3/t13?,14-,15-,16?/m1/s1. The quantitative estimate of drug-likeness (QED) is 0.632. The van der Waals surface area contributed by atoms with E-state index in [0.29, 0.717) is 5.92 Å². The molecule has 0 aromatic rings. The van der Waals surface area contributed by atoms with Gasteiger partial charge in [-0.2, -0.15) is 5.26 Å². The van der Waals surface area contributed by atoms with Crippen LogP contribution in [0.5, 0.6) is 0 Å². The van der Waals surface area contributed by atoms with Crippen LogP contribution in [0.25, 0.3) is 0 Å². The fraction of sp³-hybridized carbons (Fsp3) is 0.938. The van der Waals surface area contributed by atoms with E-state index in [2.05, 4.69) is 13.0 Å². The van der Waals surface area contributed by atoms with Crippen LogP contribution in [0.15, 0.2) is 0 Å². The Labute approximate surface area is 107 Å². The number of unbranched alkanes of at least 4 members (excludes halogenated alkanes) is 2. The zero-order chi connectivity index (χ0) is 12.1. The molecule has 0 spiro atoms. The minimum atomic E-state index is 0.382. The van der Waals surface area contributed by atoms with Crippen molar-refractivity contribution in [2.45, 2.75) is 71.1 Å². The van der Waals surface area contributed by atoms with E-state index >= 15 is 0 Å². The molecule has 1 heteroatoms. The summed E-state index contributed by atoms with van der Waals surface area (Å²) in [7, 11) is 0. The molecule has 4 atom stereocenters. The molecule has 2 aliphatic carbocycles. The Hall–Kier alpha value is -0.510. The third kappa shape index (κ3) is 3.47. The molecule has 0 aromatic carbocycles. The Kier molecular flexibility index (Phi) is 4.89. The summed E-state index contributed by atoms with van der Waals surface area (Å²) in [4.78, 5) is 0. The second kappa shape index (κ2) is 6.43. The van der Waals surface area contributed by atoms with Gasteiger partial charge in [-0.1, -0.05) is 39.0 Å². The van der Waals surface area contributed by atoms with Gasteiger partial charge in [0.25, 0.3) is 0 Å². The third-order valence-electron chi connectivity index (χ3n) is 5.12. The van der Waals surface area contributed by atoms with E-state index in [1.54, 1.807) is 0 Å². The zero-order valence-corrected chi connectivity index (χ0v) is 11.3. The molecule has 2 aliphatic rings. The number of hydrogen-bond donors (Lipinski definition) is 0. The largest absolute Gasteiger partial charge is 0.198 e. The Morgan fingerprint density at radius 1 is 1.00 bits per heavy atom. The van der Waals surface area contributed by atoms with Crippen molar-refractivity contribution in [1.82, 2.24) is 0 Å². The molecule has 2 rings (SSSR count). The first-order valence-corrected chi connectivity index (χ1v) is 7.73. The monoisotopic (exact) mass is 233 g/mol. The summed E-state index contributed by atoms with van der Waals surface area (Å²) in [6.45, 7) is 2.29. The maximum absolute atomic E-state index is 9.03. The minimum absolute atomic E-state index is 0.382. The maximum atomic E-state index is 9.03. The van der Waals surface area contributed by atoms with Crippen molar-refractivity contribution in [2.75, 3.05) is 0 Å². The number of rotatable bonds is 4. The number of nitriles is 1. The highest BCUT2D eigenvalue weighted by atomic mass is 14.4. The molecule has 0 aromatic heterocycles. The Bertz CT molecular complexity index is 265. The predicted octanol–water partition coefficient (Wildman–Crippen LogP) is 4.92. The molecule has 0 aliphatic heterocycles. The first kappa shape index (κ1) is 12.9. The summed E-state index contributed by atoms with van der Waals surface area (Å²) >= 11 is 0. The van der Waals surface area contributed by atoms with E-state index in [0.717, 1.165) is 17.8 Å². The van der Waals surface area contributed by atoms with Gasteiger partial charge in [0.2, 0.25) is 0 Å². The molecule has 0 amide bonds.